The van der Waals surface area contributed by atoms with Gasteiger partial charge in [-0.25, -0.2) is 0 Å². The number of amides is 1. The van der Waals surface area contributed by atoms with Crippen molar-refractivity contribution in [2.45, 2.75) is 32.2 Å². The van der Waals surface area contributed by atoms with E-state index >= 15 is 0 Å². The van der Waals surface area contributed by atoms with Gasteiger partial charge in [0, 0.05) is 13.6 Å². The summed E-state index contributed by atoms with van der Waals surface area (Å²) in [6.45, 7) is 3.22. The normalized spacial score (nSPS) is 16.8. The zero-order valence-corrected chi connectivity index (χ0v) is 14.6. The molecule has 0 unspecified atom stereocenters. The molecular formula is C16H26N4O2S. The molecule has 0 aliphatic carbocycles. The Labute approximate surface area is 141 Å². The lowest BCUT2D eigenvalue weighted by Crippen LogP contribution is -2.35. The number of rotatable bonds is 7. The van der Waals surface area contributed by atoms with Gasteiger partial charge < -0.3 is 15.5 Å². The first-order valence-electron chi connectivity index (χ1n) is 8.07. The topological polar surface area (TPSA) is 71.2 Å². The molecule has 1 aromatic heterocycles. The first-order chi connectivity index (χ1) is 11.1. The molecule has 0 aromatic carbocycles. The summed E-state index contributed by atoms with van der Waals surface area (Å²) >= 11 is 1.62. The van der Waals surface area contributed by atoms with Gasteiger partial charge in [-0.2, -0.15) is 11.3 Å². The molecular weight excluding hydrogens is 312 g/mol. The second kappa shape index (κ2) is 9.52. The van der Waals surface area contributed by atoms with E-state index in [0.717, 1.165) is 18.7 Å². The van der Waals surface area contributed by atoms with Crippen LogP contribution in [-0.4, -0.2) is 54.8 Å². The van der Waals surface area contributed by atoms with Crippen molar-refractivity contribution in [3.8, 4) is 0 Å². The molecule has 0 saturated carbocycles. The van der Waals surface area contributed by atoms with Gasteiger partial charge >= 0.3 is 0 Å². The standard InChI is InChI=1S/C16H26N4O2S/c1-19(10-14-6-9-23-13-14)16(21)12-22-18-15(17)11-20-7-4-2-3-5-8-20/h6,9,13H,2-5,7-8,10-12H2,1H3,(H2,17,18). The van der Waals surface area contributed by atoms with Crippen LogP contribution < -0.4 is 5.73 Å². The van der Waals surface area contributed by atoms with Gasteiger partial charge in [0.1, 0.15) is 0 Å². The highest BCUT2D eigenvalue weighted by atomic mass is 32.1. The van der Waals surface area contributed by atoms with E-state index in [9.17, 15) is 4.79 Å². The molecule has 7 heteroatoms. The fourth-order valence-electron chi connectivity index (χ4n) is 2.58. The van der Waals surface area contributed by atoms with Crippen LogP contribution in [0.4, 0.5) is 0 Å². The number of oxime groups is 1. The molecule has 0 radical (unpaired) electrons. The van der Waals surface area contributed by atoms with Crippen LogP contribution >= 0.6 is 11.3 Å². The van der Waals surface area contributed by atoms with Crippen LogP contribution in [0.1, 0.15) is 31.2 Å². The molecule has 1 amide bonds. The number of thiophene rings is 1. The molecule has 1 saturated heterocycles. The number of amidine groups is 1. The fourth-order valence-corrected chi connectivity index (χ4v) is 3.24. The lowest BCUT2D eigenvalue weighted by molar-refractivity contribution is -0.135. The Morgan fingerprint density at radius 2 is 2.13 bits per heavy atom. The van der Waals surface area contributed by atoms with Crippen molar-refractivity contribution < 1.29 is 9.63 Å². The fraction of sp³-hybridized carbons (Fsp3) is 0.625. The number of likely N-dealkylation sites (N-methyl/N-ethyl adjacent to an activating group) is 1. The van der Waals surface area contributed by atoms with Crippen LogP contribution in [0, 0.1) is 0 Å². The highest BCUT2D eigenvalue weighted by molar-refractivity contribution is 7.07. The first-order valence-corrected chi connectivity index (χ1v) is 9.01. The van der Waals surface area contributed by atoms with Gasteiger partial charge in [0.05, 0.1) is 6.54 Å². The minimum Gasteiger partial charge on any atom is -0.384 e. The van der Waals surface area contributed by atoms with E-state index in [0.29, 0.717) is 18.9 Å². The minimum absolute atomic E-state index is 0.0820. The van der Waals surface area contributed by atoms with E-state index in [1.165, 1.54) is 25.7 Å². The van der Waals surface area contributed by atoms with E-state index in [2.05, 4.69) is 10.1 Å². The Hall–Kier alpha value is -1.60. The monoisotopic (exact) mass is 338 g/mol. The summed E-state index contributed by atoms with van der Waals surface area (Å²) in [6.07, 6.45) is 4.99. The van der Waals surface area contributed by atoms with Crippen LogP contribution in [0.2, 0.25) is 0 Å². The van der Waals surface area contributed by atoms with Gasteiger partial charge in [-0.1, -0.05) is 18.0 Å². The summed E-state index contributed by atoms with van der Waals surface area (Å²) in [5.41, 5.74) is 7.01. The smallest absolute Gasteiger partial charge is 0.263 e. The van der Waals surface area contributed by atoms with Crippen molar-refractivity contribution in [1.82, 2.24) is 9.80 Å². The van der Waals surface area contributed by atoms with Crippen molar-refractivity contribution in [3.63, 3.8) is 0 Å². The van der Waals surface area contributed by atoms with Gasteiger partial charge in [-0.3, -0.25) is 9.69 Å². The third kappa shape index (κ3) is 6.58. The summed E-state index contributed by atoms with van der Waals surface area (Å²) in [7, 11) is 1.76. The molecule has 1 aliphatic heterocycles. The third-order valence-corrected chi connectivity index (χ3v) is 4.61. The van der Waals surface area contributed by atoms with E-state index in [-0.39, 0.29) is 12.5 Å². The lowest BCUT2D eigenvalue weighted by Gasteiger charge is -2.19. The van der Waals surface area contributed by atoms with Gasteiger partial charge in [0.25, 0.3) is 5.91 Å². The summed E-state index contributed by atoms with van der Waals surface area (Å²) < 4.78 is 0. The number of nitrogens with zero attached hydrogens (tertiary/aromatic N) is 3. The third-order valence-electron chi connectivity index (χ3n) is 3.88. The number of likely N-dealkylation sites (tertiary alicyclic amines) is 1. The molecule has 1 aliphatic rings. The minimum atomic E-state index is -0.109. The quantitative estimate of drug-likeness (QED) is 0.468. The highest BCUT2D eigenvalue weighted by Gasteiger charge is 2.12. The van der Waals surface area contributed by atoms with Crippen molar-refractivity contribution in [2.24, 2.45) is 10.9 Å². The number of hydrogen-bond donors (Lipinski definition) is 1. The Kier molecular flexibility index (Phi) is 7.35. The van der Waals surface area contributed by atoms with E-state index in [4.69, 9.17) is 10.6 Å². The average molecular weight is 338 g/mol. The van der Waals surface area contributed by atoms with Gasteiger partial charge in [0.2, 0.25) is 0 Å². The molecule has 1 aromatic rings. The molecule has 23 heavy (non-hydrogen) atoms. The van der Waals surface area contributed by atoms with Crippen LogP contribution in [0.25, 0.3) is 0 Å². The van der Waals surface area contributed by atoms with Crippen LogP contribution in [-0.2, 0) is 16.2 Å². The maximum atomic E-state index is 12.0. The van der Waals surface area contributed by atoms with Crippen molar-refractivity contribution in [1.29, 1.82) is 0 Å². The van der Waals surface area contributed by atoms with Crippen LogP contribution in [0.5, 0.6) is 0 Å². The second-order valence-corrected chi connectivity index (χ2v) is 6.71. The van der Waals surface area contributed by atoms with E-state index in [1.54, 1.807) is 23.3 Å². The van der Waals surface area contributed by atoms with Crippen LogP contribution in [0.3, 0.4) is 0 Å². The molecule has 2 N–H and O–H groups in total. The van der Waals surface area contributed by atoms with Crippen LogP contribution in [0.15, 0.2) is 22.0 Å². The lowest BCUT2D eigenvalue weighted by atomic mass is 10.2. The highest BCUT2D eigenvalue weighted by Crippen LogP contribution is 2.09. The van der Waals surface area contributed by atoms with E-state index < -0.39 is 0 Å². The molecule has 0 spiro atoms. The molecule has 6 nitrogen and oxygen atoms in total. The van der Waals surface area contributed by atoms with Crippen molar-refractivity contribution in [3.05, 3.63) is 22.4 Å². The molecule has 2 heterocycles. The Morgan fingerprint density at radius 1 is 1.39 bits per heavy atom. The second-order valence-electron chi connectivity index (χ2n) is 5.93. The number of carbonyl (C=O) groups is 1. The number of nitrogens with two attached hydrogens (primary N) is 1. The zero-order chi connectivity index (χ0) is 16.5. The zero-order valence-electron chi connectivity index (χ0n) is 13.7. The van der Waals surface area contributed by atoms with Crippen molar-refractivity contribution in [2.75, 3.05) is 33.3 Å². The van der Waals surface area contributed by atoms with Crippen molar-refractivity contribution >= 4 is 23.1 Å². The van der Waals surface area contributed by atoms with Gasteiger partial charge in [0.15, 0.2) is 12.4 Å². The maximum absolute atomic E-state index is 12.0. The summed E-state index contributed by atoms with van der Waals surface area (Å²) in [5.74, 6) is 0.322. The molecule has 0 atom stereocenters. The summed E-state index contributed by atoms with van der Waals surface area (Å²) in [6, 6.07) is 2.01. The van der Waals surface area contributed by atoms with Gasteiger partial charge in [-0.15, -0.1) is 0 Å². The predicted octanol–water partition coefficient (Wildman–Crippen LogP) is 1.87. The number of carbonyl (C=O) groups excluding carboxylic acids is 1. The number of hydrogen-bond acceptors (Lipinski definition) is 5. The molecule has 1 fully saturated rings. The van der Waals surface area contributed by atoms with Gasteiger partial charge in [-0.05, 0) is 48.3 Å². The largest absolute Gasteiger partial charge is 0.384 e. The SMILES string of the molecule is CN(Cc1ccsc1)C(=O)CO/N=C(\N)CN1CCCCCC1. The summed E-state index contributed by atoms with van der Waals surface area (Å²) in [5, 5.41) is 7.90. The Bertz CT molecular complexity index is 496. The Balaban J connectivity index is 1.68. The Morgan fingerprint density at radius 3 is 2.78 bits per heavy atom. The average Bonchev–Trinajstić information content (AvgIpc) is 2.90. The van der Waals surface area contributed by atoms with E-state index in [1.807, 2.05) is 16.8 Å². The first kappa shape index (κ1) is 17.7. The molecule has 0 bridgehead atoms. The maximum Gasteiger partial charge on any atom is 0.263 e. The molecule has 128 valence electrons. The summed E-state index contributed by atoms with van der Waals surface area (Å²) in [4.78, 5) is 21.0. The molecule has 2 rings (SSSR count). The predicted molar refractivity (Wildman–Crippen MR) is 93.3 cm³/mol.